The molecule has 0 aliphatic heterocycles. The Labute approximate surface area is 382 Å². The van der Waals surface area contributed by atoms with E-state index < -0.39 is 36.2 Å². The second-order valence-electron chi connectivity index (χ2n) is 16.0. The standard InChI is InChI=1S/C56H45N3O7/c60-52(40-17-5-1-6-18-40)37-65-53(61)41-31-29-39(30-32-41)35-64-54(62)51(58-55(63)66-36-50-48-27-15-13-25-46(48)47-26-14-16-28-49(47)50)33-45-34-57-38-59(45)56(42-19-7-2-8-20-42,43-21-9-3-10-22-43)44-23-11-4-12-24-44/h1-32,34,38,50-51H,33,35-37H2,(H,58,63)/t51-/m0/s1. The van der Waals surface area contributed by atoms with Gasteiger partial charge in [-0.25, -0.2) is 19.4 Å². The van der Waals surface area contributed by atoms with Gasteiger partial charge in [0.2, 0.25) is 0 Å². The lowest BCUT2D eigenvalue weighted by Gasteiger charge is -2.39. The summed E-state index contributed by atoms with van der Waals surface area (Å²) in [6.07, 6.45) is 2.67. The fourth-order valence-electron chi connectivity index (χ4n) is 8.83. The van der Waals surface area contributed by atoms with Crippen molar-refractivity contribution in [2.45, 2.75) is 30.5 Å². The van der Waals surface area contributed by atoms with Crippen LogP contribution >= 0.6 is 0 Å². The summed E-state index contributed by atoms with van der Waals surface area (Å²) >= 11 is 0. The minimum atomic E-state index is -1.22. The highest BCUT2D eigenvalue weighted by Crippen LogP contribution is 2.45. The van der Waals surface area contributed by atoms with Crippen molar-refractivity contribution >= 4 is 23.8 Å². The summed E-state index contributed by atoms with van der Waals surface area (Å²) in [5.41, 5.74) is 8.15. The molecule has 7 aromatic carbocycles. The molecule has 0 fully saturated rings. The monoisotopic (exact) mass is 871 g/mol. The van der Waals surface area contributed by atoms with E-state index in [2.05, 4.69) is 63.4 Å². The zero-order valence-electron chi connectivity index (χ0n) is 35.9. The van der Waals surface area contributed by atoms with Gasteiger partial charge in [-0.15, -0.1) is 0 Å². The number of nitrogens with one attached hydrogen (secondary N) is 1. The number of carbonyl (C=O) groups excluding carboxylic acids is 4. The van der Waals surface area contributed by atoms with Crippen LogP contribution in [-0.2, 0) is 37.6 Å². The number of alkyl carbamates (subject to hydrolysis) is 1. The molecule has 1 aliphatic rings. The molecule has 10 nitrogen and oxygen atoms in total. The van der Waals surface area contributed by atoms with Gasteiger partial charge < -0.3 is 24.1 Å². The van der Waals surface area contributed by atoms with E-state index >= 15 is 0 Å². The van der Waals surface area contributed by atoms with Crippen molar-refractivity contribution in [3.8, 4) is 11.1 Å². The molecule has 10 heteroatoms. The summed E-state index contributed by atoms with van der Waals surface area (Å²) in [5, 5.41) is 2.85. The first kappa shape index (κ1) is 42.9. The zero-order chi connectivity index (χ0) is 45.3. The smallest absolute Gasteiger partial charge is 0.407 e. The number of Topliss-reactive ketones (excluding diaryl/α,β-unsaturated/α-hetero) is 1. The lowest BCUT2D eigenvalue weighted by molar-refractivity contribution is -0.147. The molecule has 1 heterocycles. The van der Waals surface area contributed by atoms with Gasteiger partial charge in [0.05, 0.1) is 11.9 Å². The molecule has 8 aromatic rings. The molecule has 0 saturated heterocycles. The fourth-order valence-corrected chi connectivity index (χ4v) is 8.83. The lowest BCUT2D eigenvalue weighted by atomic mass is 9.76. The molecule has 0 spiro atoms. The Bertz CT molecular complexity index is 2810. The van der Waals surface area contributed by atoms with Crippen LogP contribution < -0.4 is 5.32 Å². The highest BCUT2D eigenvalue weighted by Gasteiger charge is 2.40. The summed E-state index contributed by atoms with van der Waals surface area (Å²) < 4.78 is 19.2. The molecule has 66 heavy (non-hydrogen) atoms. The Hall–Kier alpha value is -8.37. The van der Waals surface area contributed by atoms with Crippen LogP contribution in [0.5, 0.6) is 0 Å². The maximum absolute atomic E-state index is 14.3. The van der Waals surface area contributed by atoms with E-state index in [4.69, 9.17) is 14.2 Å². The highest BCUT2D eigenvalue weighted by molar-refractivity contribution is 5.99. The van der Waals surface area contributed by atoms with Crippen LogP contribution in [0.25, 0.3) is 11.1 Å². The van der Waals surface area contributed by atoms with E-state index in [1.54, 1.807) is 67.1 Å². The average Bonchev–Trinajstić information content (AvgIpc) is 3.98. The van der Waals surface area contributed by atoms with Gasteiger partial charge in [-0.1, -0.05) is 182 Å². The van der Waals surface area contributed by atoms with Gasteiger partial charge in [0.15, 0.2) is 12.4 Å². The first-order valence-electron chi connectivity index (χ1n) is 21.7. The van der Waals surface area contributed by atoms with Crippen molar-refractivity contribution < 1.29 is 33.4 Å². The van der Waals surface area contributed by atoms with Crippen molar-refractivity contribution in [2.24, 2.45) is 0 Å². The highest BCUT2D eigenvalue weighted by atomic mass is 16.6. The molecule has 9 rings (SSSR count). The summed E-state index contributed by atoms with van der Waals surface area (Å²) in [5.74, 6) is -1.88. The van der Waals surface area contributed by atoms with Gasteiger partial charge in [-0.3, -0.25) is 4.79 Å². The van der Waals surface area contributed by atoms with Gasteiger partial charge in [0, 0.05) is 29.8 Å². The molecular formula is C56H45N3O7. The molecule has 326 valence electrons. The fraction of sp³-hybridized carbons (Fsp3) is 0.125. The van der Waals surface area contributed by atoms with Gasteiger partial charge in [0.1, 0.15) is 24.8 Å². The molecule has 1 amide bonds. The molecule has 0 radical (unpaired) electrons. The molecule has 0 saturated carbocycles. The SMILES string of the molecule is O=C(N[C@@H](Cc1cncn1C(c1ccccc1)(c1ccccc1)c1ccccc1)C(=O)OCc1ccc(C(=O)OCC(=O)c2ccccc2)cc1)OCC1c2ccccc2-c2ccccc21. The number of fused-ring (bicyclic) bond motifs is 3. The molecule has 0 unspecified atom stereocenters. The Balaban J connectivity index is 0.979. The molecule has 0 bridgehead atoms. The number of imidazole rings is 1. The number of nitrogens with zero attached hydrogens (tertiary/aromatic N) is 2. The number of aromatic nitrogens is 2. The number of benzene rings is 7. The van der Waals surface area contributed by atoms with Gasteiger partial charge in [-0.05, 0) is 56.6 Å². The number of hydrogen-bond donors (Lipinski definition) is 1. The Morgan fingerprint density at radius 2 is 1.09 bits per heavy atom. The van der Waals surface area contributed by atoms with Gasteiger partial charge >= 0.3 is 18.0 Å². The van der Waals surface area contributed by atoms with Crippen molar-refractivity contribution in [2.75, 3.05) is 13.2 Å². The van der Waals surface area contributed by atoms with Crippen LogP contribution in [0.2, 0.25) is 0 Å². The van der Waals surface area contributed by atoms with Crippen LogP contribution in [0.4, 0.5) is 4.79 Å². The van der Waals surface area contributed by atoms with Crippen molar-refractivity contribution in [1.82, 2.24) is 14.9 Å². The van der Waals surface area contributed by atoms with Crippen LogP contribution in [0.1, 0.15) is 65.7 Å². The van der Waals surface area contributed by atoms with Crippen LogP contribution in [0.15, 0.2) is 207 Å². The third-order valence-corrected chi connectivity index (χ3v) is 12.0. The topological polar surface area (TPSA) is 126 Å². The second-order valence-corrected chi connectivity index (χ2v) is 16.0. The third-order valence-electron chi connectivity index (χ3n) is 12.0. The maximum atomic E-state index is 14.3. The average molecular weight is 872 g/mol. The van der Waals surface area contributed by atoms with Gasteiger partial charge in [0.25, 0.3) is 0 Å². The van der Waals surface area contributed by atoms with E-state index in [1.165, 1.54) is 0 Å². The van der Waals surface area contributed by atoms with Crippen LogP contribution in [0, 0.1) is 0 Å². The number of amides is 1. The minimum Gasteiger partial charge on any atom is -0.459 e. The normalized spacial score (nSPS) is 12.3. The first-order chi connectivity index (χ1) is 32.4. The Kier molecular flexibility index (Phi) is 12.7. The molecule has 1 atom stereocenters. The summed E-state index contributed by atoms with van der Waals surface area (Å²) in [4.78, 5) is 58.2. The lowest BCUT2D eigenvalue weighted by Crippen LogP contribution is -2.45. The Morgan fingerprint density at radius 3 is 1.65 bits per heavy atom. The Morgan fingerprint density at radius 1 is 0.576 bits per heavy atom. The van der Waals surface area contributed by atoms with Crippen molar-refractivity contribution in [3.63, 3.8) is 0 Å². The number of esters is 2. The molecular weight excluding hydrogens is 827 g/mol. The van der Waals surface area contributed by atoms with E-state index in [9.17, 15) is 19.2 Å². The number of hydrogen-bond acceptors (Lipinski definition) is 8. The van der Waals surface area contributed by atoms with Crippen LogP contribution in [0.3, 0.4) is 0 Å². The number of carbonyl (C=O) groups is 4. The summed E-state index contributed by atoms with van der Waals surface area (Å²) in [7, 11) is 0. The molecule has 1 aromatic heterocycles. The number of rotatable bonds is 16. The van der Waals surface area contributed by atoms with Crippen molar-refractivity contribution in [1.29, 1.82) is 0 Å². The predicted octanol–water partition coefficient (Wildman–Crippen LogP) is 9.96. The molecule has 1 aliphatic carbocycles. The van der Waals surface area contributed by atoms with E-state index in [0.717, 1.165) is 38.9 Å². The van der Waals surface area contributed by atoms with Gasteiger partial charge in [-0.2, -0.15) is 0 Å². The van der Waals surface area contributed by atoms with Crippen molar-refractivity contribution in [3.05, 3.63) is 257 Å². The minimum absolute atomic E-state index is 0.0102. The maximum Gasteiger partial charge on any atom is 0.407 e. The third kappa shape index (κ3) is 8.89. The molecule has 1 N–H and O–H groups in total. The summed E-state index contributed by atoms with van der Waals surface area (Å²) in [6, 6.07) is 60.2. The second kappa shape index (κ2) is 19.6. The summed E-state index contributed by atoms with van der Waals surface area (Å²) in [6.45, 7) is -0.513. The van der Waals surface area contributed by atoms with E-state index in [0.29, 0.717) is 16.8 Å². The first-order valence-corrected chi connectivity index (χ1v) is 21.7. The number of ketones is 1. The number of ether oxygens (including phenoxy) is 3. The zero-order valence-corrected chi connectivity index (χ0v) is 35.9. The van der Waals surface area contributed by atoms with Crippen LogP contribution in [-0.4, -0.2) is 52.6 Å². The van der Waals surface area contributed by atoms with E-state index in [-0.39, 0.29) is 36.9 Å². The van der Waals surface area contributed by atoms with E-state index in [1.807, 2.05) is 91.0 Å². The quantitative estimate of drug-likeness (QED) is 0.0440. The predicted molar refractivity (Wildman–Crippen MR) is 250 cm³/mol. The largest absolute Gasteiger partial charge is 0.459 e.